The van der Waals surface area contributed by atoms with Crippen LogP contribution in [0.4, 0.5) is 0 Å². The van der Waals surface area contributed by atoms with Gasteiger partial charge in [0.05, 0.1) is 12.5 Å². The van der Waals surface area contributed by atoms with Gasteiger partial charge in [-0.3, -0.25) is 9.59 Å². The zero-order valence-electron chi connectivity index (χ0n) is 14.7. The van der Waals surface area contributed by atoms with Crippen molar-refractivity contribution in [2.24, 2.45) is 0 Å². The molecule has 134 valence electrons. The van der Waals surface area contributed by atoms with Crippen molar-refractivity contribution >= 4 is 32.9 Å². The molecule has 0 bridgehead atoms. The smallest absolute Gasteiger partial charge is 0.259 e. The standard InChI is InChI=1S/C19H18BrN3O3/c1-11-4-6-14-17(24)15(9-21-18(14)22-11)19(25)23(2)10-12-8-13(20)5-7-16(12)26-3/h4-9H,10H2,1-3H3,(H,21,22,24). The zero-order chi connectivity index (χ0) is 18.8. The quantitative estimate of drug-likeness (QED) is 0.709. The lowest BCUT2D eigenvalue weighted by atomic mass is 10.1. The van der Waals surface area contributed by atoms with Gasteiger partial charge in [-0.1, -0.05) is 15.9 Å². The fraction of sp³-hybridized carbons (Fsp3) is 0.211. The third-order valence-electron chi connectivity index (χ3n) is 4.10. The molecule has 0 unspecified atom stereocenters. The number of nitrogens with one attached hydrogen (secondary N) is 1. The predicted molar refractivity (Wildman–Crippen MR) is 104 cm³/mol. The summed E-state index contributed by atoms with van der Waals surface area (Å²) < 4.78 is 6.23. The summed E-state index contributed by atoms with van der Waals surface area (Å²) in [5.41, 5.74) is 1.87. The number of carbonyl (C=O) groups is 1. The summed E-state index contributed by atoms with van der Waals surface area (Å²) in [5.74, 6) is 0.315. The summed E-state index contributed by atoms with van der Waals surface area (Å²) in [6.45, 7) is 2.15. The number of hydrogen-bond donors (Lipinski definition) is 1. The van der Waals surface area contributed by atoms with Gasteiger partial charge in [0.25, 0.3) is 5.91 Å². The van der Waals surface area contributed by atoms with Crippen molar-refractivity contribution in [2.45, 2.75) is 13.5 Å². The molecule has 3 aromatic rings. The van der Waals surface area contributed by atoms with E-state index in [0.29, 0.717) is 23.3 Å². The van der Waals surface area contributed by atoms with E-state index in [2.05, 4.69) is 25.9 Å². The number of aromatic nitrogens is 2. The van der Waals surface area contributed by atoms with Crippen molar-refractivity contribution in [3.63, 3.8) is 0 Å². The second kappa shape index (κ2) is 7.29. The van der Waals surface area contributed by atoms with Gasteiger partial charge in [0.1, 0.15) is 17.0 Å². The average molecular weight is 416 g/mol. The van der Waals surface area contributed by atoms with Gasteiger partial charge in [-0.25, -0.2) is 4.98 Å². The van der Waals surface area contributed by atoms with Gasteiger partial charge in [0, 0.05) is 35.5 Å². The first-order chi connectivity index (χ1) is 12.4. The molecule has 0 aliphatic rings. The lowest BCUT2D eigenvalue weighted by Gasteiger charge is -2.19. The van der Waals surface area contributed by atoms with E-state index in [0.717, 1.165) is 15.7 Å². The molecule has 3 rings (SSSR count). The van der Waals surface area contributed by atoms with Crippen LogP contribution in [-0.4, -0.2) is 34.9 Å². The molecule has 1 aromatic carbocycles. The van der Waals surface area contributed by atoms with Crippen molar-refractivity contribution in [3.8, 4) is 5.75 Å². The van der Waals surface area contributed by atoms with Gasteiger partial charge in [-0.15, -0.1) is 0 Å². The lowest BCUT2D eigenvalue weighted by molar-refractivity contribution is 0.0783. The number of methoxy groups -OCH3 is 1. The molecule has 0 spiro atoms. The SMILES string of the molecule is COc1ccc(Br)cc1CN(C)C(=O)c1c[nH]c2nc(C)ccc2c1=O. The highest BCUT2D eigenvalue weighted by Gasteiger charge is 2.19. The summed E-state index contributed by atoms with van der Waals surface area (Å²) >= 11 is 3.42. The Morgan fingerprint density at radius 1 is 1.31 bits per heavy atom. The normalized spacial score (nSPS) is 10.8. The molecule has 1 N–H and O–H groups in total. The van der Waals surface area contributed by atoms with Crippen molar-refractivity contribution in [1.29, 1.82) is 0 Å². The molecule has 0 aliphatic carbocycles. The number of halogens is 1. The minimum atomic E-state index is -0.365. The van der Waals surface area contributed by atoms with E-state index in [4.69, 9.17) is 4.74 Å². The molecule has 26 heavy (non-hydrogen) atoms. The van der Waals surface area contributed by atoms with Crippen LogP contribution in [0.25, 0.3) is 11.0 Å². The van der Waals surface area contributed by atoms with Crippen LogP contribution in [0.1, 0.15) is 21.6 Å². The molecule has 0 fully saturated rings. The van der Waals surface area contributed by atoms with Gasteiger partial charge in [0.15, 0.2) is 0 Å². The number of benzene rings is 1. The Balaban J connectivity index is 1.93. The van der Waals surface area contributed by atoms with E-state index in [1.807, 2.05) is 25.1 Å². The number of amides is 1. The maximum Gasteiger partial charge on any atom is 0.259 e. The number of hydrogen-bond acceptors (Lipinski definition) is 4. The fourth-order valence-electron chi connectivity index (χ4n) is 2.76. The van der Waals surface area contributed by atoms with Crippen LogP contribution in [0.2, 0.25) is 0 Å². The Bertz CT molecular complexity index is 1050. The number of carbonyl (C=O) groups excluding carboxylic acids is 1. The van der Waals surface area contributed by atoms with Gasteiger partial charge >= 0.3 is 0 Å². The molecular formula is C19H18BrN3O3. The molecule has 6 nitrogen and oxygen atoms in total. The largest absolute Gasteiger partial charge is 0.496 e. The van der Waals surface area contributed by atoms with Crippen LogP contribution < -0.4 is 10.2 Å². The van der Waals surface area contributed by atoms with E-state index in [1.54, 1.807) is 26.3 Å². The zero-order valence-corrected chi connectivity index (χ0v) is 16.3. The van der Waals surface area contributed by atoms with Crippen molar-refractivity contribution in [2.75, 3.05) is 14.2 Å². The number of aromatic amines is 1. The molecule has 0 aliphatic heterocycles. The highest BCUT2D eigenvalue weighted by Crippen LogP contribution is 2.24. The Morgan fingerprint density at radius 3 is 2.81 bits per heavy atom. The third kappa shape index (κ3) is 3.48. The van der Waals surface area contributed by atoms with Crippen molar-refractivity contribution < 1.29 is 9.53 Å². The molecule has 1 amide bonds. The number of aryl methyl sites for hydroxylation is 1. The molecule has 2 heterocycles. The first-order valence-electron chi connectivity index (χ1n) is 7.97. The Morgan fingerprint density at radius 2 is 2.08 bits per heavy atom. The maximum atomic E-state index is 12.8. The third-order valence-corrected chi connectivity index (χ3v) is 4.60. The molecule has 0 radical (unpaired) electrons. The second-order valence-electron chi connectivity index (χ2n) is 6.00. The van der Waals surface area contributed by atoms with E-state index in [1.165, 1.54) is 11.1 Å². The minimum absolute atomic E-state index is 0.0830. The van der Waals surface area contributed by atoms with Crippen LogP contribution in [0, 0.1) is 6.92 Å². The second-order valence-corrected chi connectivity index (χ2v) is 6.91. The summed E-state index contributed by atoms with van der Waals surface area (Å²) in [5, 5.41) is 0.398. The first kappa shape index (κ1) is 18.1. The highest BCUT2D eigenvalue weighted by molar-refractivity contribution is 9.10. The topological polar surface area (TPSA) is 75.3 Å². The first-order valence-corrected chi connectivity index (χ1v) is 8.77. The van der Waals surface area contributed by atoms with Crippen LogP contribution in [0.15, 0.2) is 45.8 Å². The highest BCUT2D eigenvalue weighted by atomic mass is 79.9. The van der Waals surface area contributed by atoms with E-state index in [-0.39, 0.29) is 16.9 Å². The van der Waals surface area contributed by atoms with E-state index in [9.17, 15) is 9.59 Å². The van der Waals surface area contributed by atoms with Gasteiger partial charge in [-0.2, -0.15) is 0 Å². The fourth-order valence-corrected chi connectivity index (χ4v) is 3.17. The summed E-state index contributed by atoms with van der Waals surface area (Å²) in [6, 6.07) is 9.02. The summed E-state index contributed by atoms with van der Waals surface area (Å²) in [6.07, 6.45) is 1.42. The van der Waals surface area contributed by atoms with Crippen LogP contribution in [-0.2, 0) is 6.54 Å². The summed E-state index contributed by atoms with van der Waals surface area (Å²) in [7, 11) is 3.23. The Hall–Kier alpha value is -2.67. The molecular weight excluding hydrogens is 398 g/mol. The molecule has 0 atom stereocenters. The van der Waals surface area contributed by atoms with Crippen LogP contribution in [0.5, 0.6) is 5.75 Å². The van der Waals surface area contributed by atoms with Gasteiger partial charge in [0.2, 0.25) is 5.43 Å². The van der Waals surface area contributed by atoms with Crippen LogP contribution in [0.3, 0.4) is 0 Å². The number of rotatable bonds is 4. The number of ether oxygens (including phenoxy) is 1. The molecule has 2 aromatic heterocycles. The molecule has 0 saturated carbocycles. The average Bonchev–Trinajstić information content (AvgIpc) is 2.61. The number of nitrogens with zero attached hydrogens (tertiary/aromatic N) is 2. The van der Waals surface area contributed by atoms with Gasteiger partial charge < -0.3 is 14.6 Å². The van der Waals surface area contributed by atoms with E-state index < -0.39 is 0 Å². The molecule has 0 saturated heterocycles. The van der Waals surface area contributed by atoms with Crippen molar-refractivity contribution in [3.05, 3.63) is 68.0 Å². The number of fused-ring (bicyclic) bond motifs is 1. The summed E-state index contributed by atoms with van der Waals surface area (Å²) in [4.78, 5) is 34.2. The maximum absolute atomic E-state index is 12.8. The van der Waals surface area contributed by atoms with Gasteiger partial charge in [-0.05, 0) is 37.3 Å². The minimum Gasteiger partial charge on any atom is -0.496 e. The van der Waals surface area contributed by atoms with Crippen LogP contribution >= 0.6 is 15.9 Å². The number of pyridine rings is 2. The predicted octanol–water partition coefficient (Wildman–Crippen LogP) is 3.27. The van der Waals surface area contributed by atoms with Crippen molar-refractivity contribution in [1.82, 2.24) is 14.9 Å². The number of H-pyrrole nitrogens is 1. The molecule has 7 heteroatoms. The monoisotopic (exact) mass is 415 g/mol. The lowest BCUT2D eigenvalue weighted by Crippen LogP contribution is -2.31. The Labute approximate surface area is 158 Å². The van der Waals surface area contributed by atoms with E-state index >= 15 is 0 Å². The Kier molecular flexibility index (Phi) is 5.08.